The van der Waals surface area contributed by atoms with Gasteiger partial charge in [-0.25, -0.2) is 0 Å². The van der Waals surface area contributed by atoms with Gasteiger partial charge in [0.25, 0.3) is 0 Å². The van der Waals surface area contributed by atoms with Gasteiger partial charge in [0.2, 0.25) is 0 Å². The van der Waals surface area contributed by atoms with Crippen LogP contribution in [-0.2, 0) is 9.59 Å². The molecule has 84 valence electrons. The zero-order chi connectivity index (χ0) is 11.8. The van der Waals surface area contributed by atoms with Gasteiger partial charge in [-0.15, -0.1) is 11.6 Å². The number of fused-ring (bicyclic) bond motifs is 5. The van der Waals surface area contributed by atoms with Crippen molar-refractivity contribution in [2.45, 2.75) is 4.87 Å². The molecule has 3 aliphatic rings. The normalized spacial score (nSPS) is 45.5. The average molecular weight is 298 g/mol. The largest absolute Gasteiger partial charge is 0.297 e. The van der Waals surface area contributed by atoms with Crippen LogP contribution < -0.4 is 0 Å². The highest BCUT2D eigenvalue weighted by Crippen LogP contribution is 2.63. The van der Waals surface area contributed by atoms with Crippen molar-refractivity contribution in [2.24, 2.45) is 17.8 Å². The second-order valence-corrected chi connectivity index (χ2v) is 5.93. The van der Waals surface area contributed by atoms with E-state index in [0.29, 0.717) is 0 Å². The van der Waals surface area contributed by atoms with Gasteiger partial charge in [0.05, 0.1) is 11.0 Å². The van der Waals surface area contributed by atoms with E-state index >= 15 is 0 Å². The zero-order valence-corrected chi connectivity index (χ0v) is 10.7. The van der Waals surface area contributed by atoms with E-state index in [0.717, 1.165) is 0 Å². The van der Waals surface area contributed by atoms with Crippen LogP contribution in [0.25, 0.3) is 0 Å². The lowest BCUT2D eigenvalue weighted by Gasteiger charge is -2.26. The molecule has 0 spiro atoms. The van der Waals surface area contributed by atoms with Crippen molar-refractivity contribution >= 4 is 58.0 Å². The first-order valence-electron chi connectivity index (χ1n) is 4.61. The fourth-order valence-corrected chi connectivity index (χ4v) is 4.26. The number of carbonyl (C=O) groups is 2. The molecule has 2 bridgehead atoms. The van der Waals surface area contributed by atoms with Crippen LogP contribution in [-0.4, -0.2) is 16.4 Å². The Bertz CT molecular complexity index is 507. The lowest BCUT2D eigenvalue weighted by Crippen LogP contribution is -2.34. The first kappa shape index (κ1) is 11.1. The second kappa shape index (κ2) is 3.05. The van der Waals surface area contributed by atoms with E-state index in [1.165, 1.54) is 6.08 Å². The van der Waals surface area contributed by atoms with Crippen molar-refractivity contribution in [2.75, 3.05) is 0 Å². The monoisotopic (exact) mass is 296 g/mol. The number of ketones is 2. The SMILES string of the molecule is O=C1C(Cl)=C(Cl)C2C1C1C=C(Cl)C2(Cl)C1=O. The summed E-state index contributed by atoms with van der Waals surface area (Å²) in [5.41, 5.74) is 0. The van der Waals surface area contributed by atoms with E-state index in [-0.39, 0.29) is 26.7 Å². The molecule has 0 saturated heterocycles. The number of halogens is 4. The summed E-state index contributed by atoms with van der Waals surface area (Å²) in [7, 11) is 0. The van der Waals surface area contributed by atoms with Crippen molar-refractivity contribution in [3.05, 3.63) is 21.2 Å². The number of carbonyl (C=O) groups excluding carboxylic acids is 2. The van der Waals surface area contributed by atoms with Gasteiger partial charge >= 0.3 is 0 Å². The van der Waals surface area contributed by atoms with Crippen LogP contribution in [0.2, 0.25) is 0 Å². The molecule has 0 aromatic heterocycles. The van der Waals surface area contributed by atoms with Crippen LogP contribution in [0.1, 0.15) is 0 Å². The molecule has 1 saturated carbocycles. The Morgan fingerprint density at radius 2 is 1.81 bits per heavy atom. The fraction of sp³-hybridized carbons (Fsp3) is 0.400. The summed E-state index contributed by atoms with van der Waals surface area (Å²) in [5, 5.41) is 0.399. The fourth-order valence-electron chi connectivity index (χ4n) is 2.79. The van der Waals surface area contributed by atoms with Crippen molar-refractivity contribution in [1.29, 1.82) is 0 Å². The molecule has 0 amide bonds. The first-order chi connectivity index (χ1) is 7.40. The Kier molecular flexibility index (Phi) is 2.11. The predicted octanol–water partition coefficient (Wildman–Crippen LogP) is 2.80. The maximum Gasteiger partial charge on any atom is 0.180 e. The molecule has 0 heterocycles. The Morgan fingerprint density at radius 3 is 2.44 bits per heavy atom. The number of hydrogen-bond acceptors (Lipinski definition) is 2. The molecule has 6 heteroatoms. The van der Waals surface area contributed by atoms with Crippen molar-refractivity contribution in [3.8, 4) is 0 Å². The summed E-state index contributed by atoms with van der Waals surface area (Å²) >= 11 is 24.0. The van der Waals surface area contributed by atoms with Gasteiger partial charge < -0.3 is 0 Å². The van der Waals surface area contributed by atoms with Crippen molar-refractivity contribution in [3.63, 3.8) is 0 Å². The number of alkyl halides is 1. The molecule has 16 heavy (non-hydrogen) atoms. The highest BCUT2D eigenvalue weighted by Gasteiger charge is 2.70. The van der Waals surface area contributed by atoms with E-state index in [1.807, 2.05) is 0 Å². The third-order valence-electron chi connectivity index (χ3n) is 3.51. The molecule has 3 aliphatic carbocycles. The minimum Gasteiger partial charge on any atom is -0.297 e. The molecule has 0 N–H and O–H groups in total. The van der Waals surface area contributed by atoms with Gasteiger partial charge in [0, 0.05) is 21.9 Å². The third kappa shape index (κ3) is 0.943. The van der Waals surface area contributed by atoms with Crippen molar-refractivity contribution < 1.29 is 9.59 Å². The quantitative estimate of drug-likeness (QED) is 0.644. The molecule has 3 rings (SSSR count). The number of rotatable bonds is 0. The number of hydrogen-bond donors (Lipinski definition) is 0. The van der Waals surface area contributed by atoms with E-state index in [2.05, 4.69) is 0 Å². The molecule has 0 aromatic carbocycles. The van der Waals surface area contributed by atoms with Gasteiger partial charge in [-0.2, -0.15) is 0 Å². The summed E-state index contributed by atoms with van der Waals surface area (Å²) in [6.45, 7) is 0. The molecule has 4 unspecified atom stereocenters. The van der Waals surface area contributed by atoms with Gasteiger partial charge in [-0.05, 0) is 0 Å². The molecule has 4 atom stereocenters. The molecular weight excluding hydrogens is 294 g/mol. The lowest BCUT2D eigenvalue weighted by atomic mass is 9.84. The van der Waals surface area contributed by atoms with Gasteiger partial charge in [0.1, 0.15) is 4.87 Å². The highest BCUT2D eigenvalue weighted by atomic mass is 35.5. The van der Waals surface area contributed by atoms with Crippen LogP contribution in [0.5, 0.6) is 0 Å². The van der Waals surface area contributed by atoms with Gasteiger partial charge in [-0.3, -0.25) is 9.59 Å². The summed E-state index contributed by atoms with van der Waals surface area (Å²) in [6.07, 6.45) is 1.54. The average Bonchev–Trinajstić information content (AvgIpc) is 2.69. The van der Waals surface area contributed by atoms with Crippen LogP contribution in [0, 0.1) is 17.8 Å². The standard InChI is InChI=1S/C10H4Cl4O2/c11-3-1-2-4-5(10(3,14)9(2)16)6(12)7(13)8(4)15/h1-2,4-5H. The molecule has 2 nitrogen and oxygen atoms in total. The predicted molar refractivity (Wildman–Crippen MR) is 61.7 cm³/mol. The summed E-state index contributed by atoms with van der Waals surface area (Å²) in [4.78, 5) is 22.4. The van der Waals surface area contributed by atoms with Crippen LogP contribution in [0.3, 0.4) is 0 Å². The van der Waals surface area contributed by atoms with Crippen molar-refractivity contribution in [1.82, 2.24) is 0 Å². The molecule has 1 fully saturated rings. The Balaban J connectivity index is 2.24. The van der Waals surface area contributed by atoms with E-state index in [4.69, 9.17) is 46.4 Å². The Morgan fingerprint density at radius 1 is 1.19 bits per heavy atom. The summed E-state index contributed by atoms with van der Waals surface area (Å²) in [5.74, 6) is -2.28. The van der Waals surface area contributed by atoms with Gasteiger partial charge in [0.15, 0.2) is 11.6 Å². The summed E-state index contributed by atoms with van der Waals surface area (Å²) in [6, 6.07) is 0. The first-order valence-corrected chi connectivity index (χ1v) is 6.12. The summed E-state index contributed by atoms with van der Waals surface area (Å²) < 4.78 is 0. The topological polar surface area (TPSA) is 34.1 Å². The third-order valence-corrected chi connectivity index (χ3v) is 5.57. The smallest absolute Gasteiger partial charge is 0.180 e. The second-order valence-electron chi connectivity index (χ2n) is 4.15. The zero-order valence-electron chi connectivity index (χ0n) is 7.64. The number of allylic oxidation sites excluding steroid dienone is 4. The molecule has 0 aliphatic heterocycles. The molecular formula is C10H4Cl4O2. The molecule has 0 radical (unpaired) electrons. The Labute approximate surface area is 111 Å². The lowest BCUT2D eigenvalue weighted by molar-refractivity contribution is -0.124. The highest BCUT2D eigenvalue weighted by molar-refractivity contribution is 6.55. The maximum absolute atomic E-state index is 12.0. The van der Waals surface area contributed by atoms with E-state index in [9.17, 15) is 9.59 Å². The van der Waals surface area contributed by atoms with Crippen LogP contribution in [0.15, 0.2) is 21.2 Å². The van der Waals surface area contributed by atoms with Gasteiger partial charge in [-0.1, -0.05) is 40.9 Å². The van der Waals surface area contributed by atoms with E-state index in [1.54, 1.807) is 0 Å². The maximum atomic E-state index is 12.0. The van der Waals surface area contributed by atoms with Crippen LogP contribution >= 0.6 is 46.4 Å². The number of Topliss-reactive ketones (excluding diaryl/α,β-unsaturated/α-hetero) is 2. The Hall–Kier alpha value is -0.0200. The van der Waals surface area contributed by atoms with Crippen LogP contribution in [0.4, 0.5) is 0 Å². The minimum absolute atomic E-state index is 0.0149. The molecule has 0 aromatic rings. The minimum atomic E-state index is -1.37. The van der Waals surface area contributed by atoms with E-state index < -0.39 is 22.6 Å².